The van der Waals surface area contributed by atoms with Crippen LogP contribution in [0.25, 0.3) is 0 Å². The highest BCUT2D eigenvalue weighted by Gasteiger charge is 2.14. The molecule has 8 heteroatoms. The van der Waals surface area contributed by atoms with E-state index in [-0.39, 0.29) is 22.5 Å². The highest BCUT2D eigenvalue weighted by Crippen LogP contribution is 2.32. The van der Waals surface area contributed by atoms with Gasteiger partial charge in [0.1, 0.15) is 5.56 Å². The fraction of sp³-hybridized carbons (Fsp3) is 0.0714. The third kappa shape index (κ3) is 4.10. The van der Waals surface area contributed by atoms with Crippen molar-refractivity contribution in [3.05, 3.63) is 57.3 Å². The van der Waals surface area contributed by atoms with Gasteiger partial charge in [-0.15, -0.1) is 0 Å². The van der Waals surface area contributed by atoms with Crippen LogP contribution in [0.1, 0.15) is 10.4 Å². The molecule has 1 heterocycles. The lowest BCUT2D eigenvalue weighted by Gasteiger charge is -2.07. The van der Waals surface area contributed by atoms with Crippen LogP contribution in [0.3, 0.4) is 0 Å². The Kier molecular flexibility index (Phi) is 5.24. The van der Waals surface area contributed by atoms with Gasteiger partial charge in [-0.3, -0.25) is 9.59 Å². The predicted octanol–water partition coefficient (Wildman–Crippen LogP) is 2.67. The molecule has 0 fully saturated rings. The second-order valence-corrected chi connectivity index (χ2v) is 5.65. The molecule has 2 rings (SSSR count). The highest BCUT2D eigenvalue weighted by molar-refractivity contribution is 6.44. The first-order valence-electron chi connectivity index (χ1n) is 6.10. The standard InChI is InChI=1S/C14H10Cl3N3O2/c15-9-4-11(17)12(5-10(9)16)19-13(21)7-20-3-1-2-8(6-20)14(18)22/h1-6H,7H2,(H2-,18,19,21,22)/p+1. The number of aromatic nitrogens is 1. The Bertz CT molecular complexity index is 750. The number of nitrogens with zero attached hydrogens (tertiary/aromatic N) is 1. The third-order valence-electron chi connectivity index (χ3n) is 2.75. The van der Waals surface area contributed by atoms with Crippen molar-refractivity contribution in [1.29, 1.82) is 0 Å². The zero-order valence-electron chi connectivity index (χ0n) is 11.1. The van der Waals surface area contributed by atoms with Gasteiger partial charge in [-0.05, 0) is 18.2 Å². The number of carbonyl (C=O) groups excluding carboxylic acids is 2. The fourth-order valence-corrected chi connectivity index (χ4v) is 2.33. The SMILES string of the molecule is NC(=O)c1ccc[n+](CC(=O)Nc2cc(Cl)c(Cl)cc2Cl)c1. The van der Waals surface area contributed by atoms with Gasteiger partial charge in [0.2, 0.25) is 6.54 Å². The van der Waals surface area contributed by atoms with Crippen LogP contribution >= 0.6 is 34.8 Å². The number of pyridine rings is 1. The van der Waals surface area contributed by atoms with Gasteiger partial charge in [-0.1, -0.05) is 34.8 Å². The minimum absolute atomic E-state index is 0.0162. The van der Waals surface area contributed by atoms with Gasteiger partial charge in [0, 0.05) is 6.07 Å². The van der Waals surface area contributed by atoms with Crippen molar-refractivity contribution < 1.29 is 14.2 Å². The summed E-state index contributed by atoms with van der Waals surface area (Å²) in [5.74, 6) is -0.908. The molecule has 0 bridgehead atoms. The largest absolute Gasteiger partial charge is 0.365 e. The van der Waals surface area contributed by atoms with Crippen molar-refractivity contribution in [3.8, 4) is 0 Å². The van der Waals surface area contributed by atoms with Crippen LogP contribution in [0.4, 0.5) is 5.69 Å². The minimum atomic E-state index is -0.567. The summed E-state index contributed by atoms with van der Waals surface area (Å²) >= 11 is 17.7. The van der Waals surface area contributed by atoms with E-state index < -0.39 is 5.91 Å². The maximum atomic E-state index is 12.0. The maximum absolute atomic E-state index is 12.0. The minimum Gasteiger partial charge on any atom is -0.365 e. The first-order valence-corrected chi connectivity index (χ1v) is 7.23. The summed E-state index contributed by atoms with van der Waals surface area (Å²) in [5.41, 5.74) is 5.85. The number of benzene rings is 1. The zero-order chi connectivity index (χ0) is 16.3. The number of primary amides is 1. The van der Waals surface area contributed by atoms with Crippen molar-refractivity contribution in [2.75, 3.05) is 5.32 Å². The van der Waals surface area contributed by atoms with E-state index >= 15 is 0 Å². The molecule has 0 aliphatic carbocycles. The number of amides is 2. The van der Waals surface area contributed by atoms with Crippen LogP contribution < -0.4 is 15.6 Å². The number of hydrogen-bond acceptors (Lipinski definition) is 2. The molecule has 0 unspecified atom stereocenters. The van der Waals surface area contributed by atoms with Gasteiger partial charge in [0.15, 0.2) is 12.4 Å². The normalized spacial score (nSPS) is 10.3. The van der Waals surface area contributed by atoms with E-state index in [1.54, 1.807) is 18.3 Å². The number of nitrogens with two attached hydrogens (primary N) is 1. The Morgan fingerprint density at radius 3 is 2.50 bits per heavy atom. The highest BCUT2D eigenvalue weighted by atomic mass is 35.5. The predicted molar refractivity (Wildman–Crippen MR) is 85.3 cm³/mol. The van der Waals surface area contributed by atoms with Crippen molar-refractivity contribution in [2.24, 2.45) is 5.73 Å². The van der Waals surface area contributed by atoms with Gasteiger partial charge in [0.05, 0.1) is 20.8 Å². The molecule has 0 saturated heterocycles. The molecular formula is C14H11Cl3N3O2+. The first-order chi connectivity index (χ1) is 10.4. The van der Waals surface area contributed by atoms with Crippen LogP contribution in [0, 0.1) is 0 Å². The molecule has 0 saturated carbocycles. The van der Waals surface area contributed by atoms with Crippen LogP contribution in [0.5, 0.6) is 0 Å². The van der Waals surface area contributed by atoms with Gasteiger partial charge in [-0.25, -0.2) is 0 Å². The molecule has 1 aromatic carbocycles. The van der Waals surface area contributed by atoms with E-state index in [1.165, 1.54) is 22.9 Å². The summed E-state index contributed by atoms with van der Waals surface area (Å²) in [6, 6.07) is 6.10. The average Bonchev–Trinajstić information content (AvgIpc) is 2.45. The van der Waals surface area contributed by atoms with E-state index in [2.05, 4.69) is 5.32 Å². The molecule has 2 amide bonds. The topological polar surface area (TPSA) is 76.1 Å². The Labute approximate surface area is 141 Å². The average molecular weight is 360 g/mol. The molecule has 0 spiro atoms. The molecule has 2 aromatic rings. The summed E-state index contributed by atoms with van der Waals surface area (Å²) < 4.78 is 1.53. The summed E-state index contributed by atoms with van der Waals surface area (Å²) in [6.07, 6.45) is 3.13. The number of rotatable bonds is 4. The van der Waals surface area contributed by atoms with E-state index in [0.717, 1.165) is 0 Å². The Balaban J connectivity index is 2.12. The summed E-state index contributed by atoms with van der Waals surface area (Å²) in [5, 5.41) is 3.48. The molecule has 3 N–H and O–H groups in total. The first kappa shape index (κ1) is 16.5. The Morgan fingerprint density at radius 1 is 1.14 bits per heavy atom. The van der Waals surface area contributed by atoms with Crippen LogP contribution in [0.15, 0.2) is 36.7 Å². The summed E-state index contributed by atoms with van der Waals surface area (Å²) in [4.78, 5) is 23.1. The van der Waals surface area contributed by atoms with Crippen LogP contribution in [-0.4, -0.2) is 11.8 Å². The number of carbonyl (C=O) groups is 2. The molecular weight excluding hydrogens is 349 g/mol. The monoisotopic (exact) mass is 358 g/mol. The summed E-state index contributed by atoms with van der Waals surface area (Å²) in [7, 11) is 0. The molecule has 0 aliphatic rings. The smallest absolute Gasteiger partial charge is 0.290 e. The van der Waals surface area contributed by atoms with Crippen LogP contribution in [0.2, 0.25) is 15.1 Å². The number of anilines is 1. The zero-order valence-corrected chi connectivity index (χ0v) is 13.4. The van der Waals surface area contributed by atoms with E-state index in [1.807, 2.05) is 0 Å². The lowest BCUT2D eigenvalue weighted by molar-refractivity contribution is -0.684. The van der Waals surface area contributed by atoms with Crippen molar-refractivity contribution in [3.63, 3.8) is 0 Å². The van der Waals surface area contributed by atoms with Crippen molar-refractivity contribution in [1.82, 2.24) is 0 Å². The molecule has 5 nitrogen and oxygen atoms in total. The lowest BCUT2D eigenvalue weighted by atomic mass is 10.2. The number of halogens is 3. The van der Waals surface area contributed by atoms with Crippen molar-refractivity contribution >= 4 is 52.3 Å². The maximum Gasteiger partial charge on any atom is 0.290 e. The van der Waals surface area contributed by atoms with Gasteiger partial charge >= 0.3 is 0 Å². The lowest BCUT2D eigenvalue weighted by Crippen LogP contribution is -2.40. The molecule has 22 heavy (non-hydrogen) atoms. The Hall–Kier alpha value is -1.82. The van der Waals surface area contributed by atoms with Gasteiger partial charge in [0.25, 0.3) is 11.8 Å². The van der Waals surface area contributed by atoms with Gasteiger partial charge < -0.3 is 11.1 Å². The molecule has 0 atom stereocenters. The molecule has 1 aromatic heterocycles. The van der Waals surface area contributed by atoms with Gasteiger partial charge in [-0.2, -0.15) is 4.57 Å². The second-order valence-electron chi connectivity index (χ2n) is 4.42. The molecule has 114 valence electrons. The molecule has 0 aliphatic heterocycles. The third-order valence-corrected chi connectivity index (χ3v) is 3.79. The second kappa shape index (κ2) is 6.96. The van der Waals surface area contributed by atoms with E-state index in [0.29, 0.717) is 16.3 Å². The number of nitrogens with one attached hydrogen (secondary N) is 1. The summed E-state index contributed by atoms with van der Waals surface area (Å²) in [6.45, 7) is -0.0162. The van der Waals surface area contributed by atoms with Crippen molar-refractivity contribution in [2.45, 2.75) is 6.54 Å². The molecule has 0 radical (unpaired) electrons. The number of hydrogen-bond donors (Lipinski definition) is 2. The fourth-order valence-electron chi connectivity index (χ4n) is 1.74. The van der Waals surface area contributed by atoms with Crippen LogP contribution in [-0.2, 0) is 11.3 Å². The Morgan fingerprint density at radius 2 is 1.82 bits per heavy atom. The quantitative estimate of drug-likeness (QED) is 0.650. The van der Waals surface area contributed by atoms with E-state index in [9.17, 15) is 9.59 Å². The van der Waals surface area contributed by atoms with E-state index in [4.69, 9.17) is 40.5 Å².